The minimum atomic E-state index is 0.869. The first kappa shape index (κ1) is 14.8. The zero-order valence-corrected chi connectivity index (χ0v) is 12.7. The molecule has 19 heavy (non-hydrogen) atoms. The standard InChI is InChI=1S/C15H24ClN3/c1-13-3-4-14(11-15(13)16)12-18(2)9-10-19-7-5-17-6-8-19/h3-4,11,17H,5-10,12H2,1-2H3. The molecule has 2 rings (SSSR count). The molecule has 106 valence electrons. The van der Waals surface area contributed by atoms with Crippen molar-refractivity contribution in [2.45, 2.75) is 13.5 Å². The Kier molecular flexibility index (Phi) is 5.64. The maximum Gasteiger partial charge on any atom is 0.0438 e. The van der Waals surface area contributed by atoms with E-state index in [0.29, 0.717) is 0 Å². The summed E-state index contributed by atoms with van der Waals surface area (Å²) in [5.74, 6) is 0. The van der Waals surface area contributed by atoms with Crippen molar-refractivity contribution in [1.29, 1.82) is 0 Å². The van der Waals surface area contributed by atoms with Gasteiger partial charge >= 0.3 is 0 Å². The van der Waals surface area contributed by atoms with Crippen molar-refractivity contribution in [1.82, 2.24) is 15.1 Å². The SMILES string of the molecule is Cc1ccc(CN(C)CCN2CCNCC2)cc1Cl. The van der Waals surface area contributed by atoms with Crippen LogP contribution in [-0.2, 0) is 6.54 Å². The minimum absolute atomic E-state index is 0.869. The number of piperazine rings is 1. The highest BCUT2D eigenvalue weighted by molar-refractivity contribution is 6.31. The average Bonchev–Trinajstić information content (AvgIpc) is 2.42. The Labute approximate surface area is 121 Å². The van der Waals surface area contributed by atoms with E-state index in [1.165, 1.54) is 18.7 Å². The van der Waals surface area contributed by atoms with Crippen LogP contribution in [0, 0.1) is 6.92 Å². The Morgan fingerprint density at radius 2 is 2.05 bits per heavy atom. The van der Waals surface area contributed by atoms with Gasteiger partial charge in [0.15, 0.2) is 0 Å². The predicted octanol–water partition coefficient (Wildman–Crippen LogP) is 1.99. The van der Waals surface area contributed by atoms with E-state index >= 15 is 0 Å². The maximum absolute atomic E-state index is 6.16. The molecule has 1 saturated heterocycles. The Morgan fingerprint density at radius 3 is 2.74 bits per heavy atom. The minimum Gasteiger partial charge on any atom is -0.314 e. The molecule has 0 bridgehead atoms. The number of hydrogen-bond acceptors (Lipinski definition) is 3. The fourth-order valence-electron chi connectivity index (χ4n) is 2.37. The van der Waals surface area contributed by atoms with Gasteiger partial charge in [0.25, 0.3) is 0 Å². The van der Waals surface area contributed by atoms with Crippen LogP contribution in [0.3, 0.4) is 0 Å². The second kappa shape index (κ2) is 7.25. The van der Waals surface area contributed by atoms with Crippen molar-refractivity contribution in [2.24, 2.45) is 0 Å². The topological polar surface area (TPSA) is 18.5 Å². The molecule has 0 aromatic heterocycles. The molecule has 1 aliphatic rings. The molecule has 1 heterocycles. The van der Waals surface area contributed by atoms with Gasteiger partial charge in [0.2, 0.25) is 0 Å². The molecule has 0 unspecified atom stereocenters. The first-order valence-corrected chi connectivity index (χ1v) is 7.39. The number of benzene rings is 1. The second-order valence-corrected chi connectivity index (χ2v) is 5.82. The summed E-state index contributed by atoms with van der Waals surface area (Å²) in [4.78, 5) is 4.89. The van der Waals surface area contributed by atoms with Gasteiger partial charge in [-0.15, -0.1) is 0 Å². The normalized spacial score (nSPS) is 17.1. The lowest BCUT2D eigenvalue weighted by molar-refractivity contribution is 0.202. The number of nitrogens with zero attached hydrogens (tertiary/aromatic N) is 2. The first-order chi connectivity index (χ1) is 9.15. The molecule has 0 amide bonds. The molecular weight excluding hydrogens is 258 g/mol. The van der Waals surface area contributed by atoms with Crippen LogP contribution < -0.4 is 5.32 Å². The van der Waals surface area contributed by atoms with E-state index in [0.717, 1.165) is 43.3 Å². The van der Waals surface area contributed by atoms with Crippen LogP contribution in [0.1, 0.15) is 11.1 Å². The third kappa shape index (κ3) is 4.77. The van der Waals surface area contributed by atoms with Gasteiger partial charge in [-0.1, -0.05) is 23.7 Å². The van der Waals surface area contributed by atoms with E-state index in [9.17, 15) is 0 Å². The van der Waals surface area contributed by atoms with Gasteiger partial charge in [0.05, 0.1) is 0 Å². The van der Waals surface area contributed by atoms with Gasteiger partial charge < -0.3 is 10.2 Å². The Bertz CT molecular complexity index is 402. The number of likely N-dealkylation sites (N-methyl/N-ethyl adjacent to an activating group) is 1. The molecule has 0 spiro atoms. The predicted molar refractivity (Wildman–Crippen MR) is 81.8 cm³/mol. The van der Waals surface area contributed by atoms with Crippen LogP contribution >= 0.6 is 11.6 Å². The van der Waals surface area contributed by atoms with Gasteiger partial charge in [-0.05, 0) is 31.2 Å². The number of aryl methyl sites for hydroxylation is 1. The van der Waals surface area contributed by atoms with Crippen LogP contribution in [0.5, 0.6) is 0 Å². The fraction of sp³-hybridized carbons (Fsp3) is 0.600. The highest BCUT2D eigenvalue weighted by Crippen LogP contribution is 2.17. The first-order valence-electron chi connectivity index (χ1n) is 7.02. The zero-order valence-electron chi connectivity index (χ0n) is 12.0. The summed E-state index contributed by atoms with van der Waals surface area (Å²) < 4.78 is 0. The van der Waals surface area contributed by atoms with E-state index < -0.39 is 0 Å². The largest absolute Gasteiger partial charge is 0.314 e. The van der Waals surface area contributed by atoms with Gasteiger partial charge in [0, 0.05) is 50.8 Å². The van der Waals surface area contributed by atoms with Crippen molar-refractivity contribution in [3.8, 4) is 0 Å². The van der Waals surface area contributed by atoms with Crippen LogP contribution in [-0.4, -0.2) is 56.1 Å². The van der Waals surface area contributed by atoms with E-state index in [1.807, 2.05) is 6.92 Å². The number of nitrogens with one attached hydrogen (secondary N) is 1. The molecule has 1 aliphatic heterocycles. The fourth-order valence-corrected chi connectivity index (χ4v) is 2.58. The third-order valence-electron chi connectivity index (χ3n) is 3.70. The van der Waals surface area contributed by atoms with E-state index in [2.05, 4.69) is 40.4 Å². The third-order valence-corrected chi connectivity index (χ3v) is 4.10. The summed E-state index contributed by atoms with van der Waals surface area (Å²) in [6.07, 6.45) is 0. The summed E-state index contributed by atoms with van der Waals surface area (Å²) >= 11 is 6.16. The Balaban J connectivity index is 1.76. The number of rotatable bonds is 5. The highest BCUT2D eigenvalue weighted by atomic mass is 35.5. The van der Waals surface area contributed by atoms with Gasteiger partial charge in [-0.2, -0.15) is 0 Å². The zero-order chi connectivity index (χ0) is 13.7. The second-order valence-electron chi connectivity index (χ2n) is 5.41. The molecule has 0 radical (unpaired) electrons. The molecule has 4 heteroatoms. The monoisotopic (exact) mass is 281 g/mol. The summed E-state index contributed by atoms with van der Waals surface area (Å²) in [5, 5.41) is 4.25. The molecule has 1 aromatic carbocycles. The molecule has 0 saturated carbocycles. The van der Waals surface area contributed by atoms with Crippen molar-refractivity contribution in [3.63, 3.8) is 0 Å². The van der Waals surface area contributed by atoms with E-state index in [1.54, 1.807) is 0 Å². The average molecular weight is 282 g/mol. The summed E-state index contributed by atoms with van der Waals surface area (Å²) in [5.41, 5.74) is 2.44. The maximum atomic E-state index is 6.16. The van der Waals surface area contributed by atoms with Crippen LogP contribution in [0.4, 0.5) is 0 Å². The van der Waals surface area contributed by atoms with Gasteiger partial charge in [-0.25, -0.2) is 0 Å². The summed E-state index contributed by atoms with van der Waals surface area (Å²) in [6.45, 7) is 9.85. The molecule has 1 fully saturated rings. The molecule has 1 N–H and O–H groups in total. The quantitative estimate of drug-likeness (QED) is 0.890. The lowest BCUT2D eigenvalue weighted by Crippen LogP contribution is -2.45. The molecule has 0 atom stereocenters. The van der Waals surface area contributed by atoms with Crippen molar-refractivity contribution in [2.75, 3.05) is 46.3 Å². The molecular formula is C15H24ClN3. The smallest absolute Gasteiger partial charge is 0.0438 e. The van der Waals surface area contributed by atoms with Crippen LogP contribution in [0.15, 0.2) is 18.2 Å². The highest BCUT2D eigenvalue weighted by Gasteiger charge is 2.10. The number of hydrogen-bond donors (Lipinski definition) is 1. The van der Waals surface area contributed by atoms with Crippen LogP contribution in [0.2, 0.25) is 5.02 Å². The lowest BCUT2D eigenvalue weighted by atomic mass is 10.1. The van der Waals surface area contributed by atoms with Crippen molar-refractivity contribution in [3.05, 3.63) is 34.3 Å². The summed E-state index contributed by atoms with van der Waals surface area (Å²) in [7, 11) is 2.18. The van der Waals surface area contributed by atoms with Crippen molar-refractivity contribution < 1.29 is 0 Å². The van der Waals surface area contributed by atoms with Gasteiger partial charge in [0.1, 0.15) is 0 Å². The van der Waals surface area contributed by atoms with E-state index in [4.69, 9.17) is 11.6 Å². The molecule has 1 aromatic rings. The Hall–Kier alpha value is -0.610. The Morgan fingerprint density at radius 1 is 1.32 bits per heavy atom. The lowest BCUT2D eigenvalue weighted by Gasteiger charge is -2.29. The van der Waals surface area contributed by atoms with Gasteiger partial charge in [-0.3, -0.25) is 4.90 Å². The van der Waals surface area contributed by atoms with E-state index in [-0.39, 0.29) is 0 Å². The van der Waals surface area contributed by atoms with Crippen molar-refractivity contribution >= 4 is 11.6 Å². The molecule has 0 aliphatic carbocycles. The van der Waals surface area contributed by atoms with Crippen LogP contribution in [0.25, 0.3) is 0 Å². The summed E-state index contributed by atoms with van der Waals surface area (Å²) in [6, 6.07) is 6.35. The number of halogens is 1. The molecule has 3 nitrogen and oxygen atoms in total.